The van der Waals surface area contributed by atoms with Crippen LogP contribution >= 0.6 is 11.8 Å². The van der Waals surface area contributed by atoms with Crippen LogP contribution in [-0.2, 0) is 4.74 Å². The van der Waals surface area contributed by atoms with E-state index < -0.39 is 0 Å². The molecule has 2 atom stereocenters. The van der Waals surface area contributed by atoms with Crippen molar-refractivity contribution in [1.29, 1.82) is 0 Å². The van der Waals surface area contributed by atoms with Crippen LogP contribution in [0.2, 0.25) is 0 Å². The van der Waals surface area contributed by atoms with Crippen LogP contribution in [0, 0.1) is 0 Å². The first kappa shape index (κ1) is 12.9. The van der Waals surface area contributed by atoms with Gasteiger partial charge in [0.15, 0.2) is 0 Å². The Hall–Kier alpha value is -1.14. The standard InChI is InChI=1S/C14H17N3OS/c15-17-14(13-9-19-7-6-18-13)11-4-3-10-2-1-5-16-12(10)8-11/h1-5,8,13-14,17H,6-7,9,15H2. The Morgan fingerprint density at radius 3 is 3.16 bits per heavy atom. The second kappa shape index (κ2) is 5.88. The van der Waals surface area contributed by atoms with Gasteiger partial charge in [-0.1, -0.05) is 18.2 Å². The minimum absolute atomic E-state index is 0.0132. The molecule has 5 heteroatoms. The number of rotatable bonds is 3. The van der Waals surface area contributed by atoms with Crippen LogP contribution in [0.5, 0.6) is 0 Å². The van der Waals surface area contributed by atoms with Gasteiger partial charge in [0.2, 0.25) is 0 Å². The topological polar surface area (TPSA) is 60.2 Å². The fraction of sp³-hybridized carbons (Fsp3) is 0.357. The predicted octanol–water partition coefficient (Wildman–Crippen LogP) is 1.87. The number of benzene rings is 1. The largest absolute Gasteiger partial charge is 0.374 e. The van der Waals surface area contributed by atoms with Crippen molar-refractivity contribution in [2.75, 3.05) is 18.1 Å². The maximum absolute atomic E-state index is 5.81. The molecule has 1 aliphatic rings. The molecule has 0 radical (unpaired) electrons. The summed E-state index contributed by atoms with van der Waals surface area (Å²) >= 11 is 1.91. The van der Waals surface area contributed by atoms with Crippen LogP contribution in [0.25, 0.3) is 10.9 Å². The Morgan fingerprint density at radius 2 is 2.37 bits per heavy atom. The van der Waals surface area contributed by atoms with Crippen molar-refractivity contribution < 1.29 is 4.74 Å². The van der Waals surface area contributed by atoms with Gasteiger partial charge in [-0.25, -0.2) is 0 Å². The van der Waals surface area contributed by atoms with Gasteiger partial charge >= 0.3 is 0 Å². The second-order valence-corrected chi connectivity index (χ2v) is 5.73. The average molecular weight is 275 g/mol. The molecule has 3 rings (SSSR count). The Balaban J connectivity index is 1.91. The zero-order chi connectivity index (χ0) is 13.1. The van der Waals surface area contributed by atoms with Crippen molar-refractivity contribution >= 4 is 22.7 Å². The molecule has 0 bridgehead atoms. The zero-order valence-corrected chi connectivity index (χ0v) is 11.4. The summed E-state index contributed by atoms with van der Waals surface area (Å²) in [6.07, 6.45) is 1.93. The molecule has 1 fully saturated rings. The van der Waals surface area contributed by atoms with Crippen LogP contribution in [0.15, 0.2) is 36.5 Å². The Morgan fingerprint density at radius 1 is 1.42 bits per heavy atom. The number of thioether (sulfide) groups is 1. The SMILES string of the molecule is NNC(c1ccc2cccnc2c1)C1CSCCO1. The second-order valence-electron chi connectivity index (χ2n) is 4.58. The molecule has 2 heterocycles. The van der Waals surface area contributed by atoms with Gasteiger partial charge in [-0.05, 0) is 17.7 Å². The van der Waals surface area contributed by atoms with E-state index in [1.807, 2.05) is 24.0 Å². The van der Waals surface area contributed by atoms with Gasteiger partial charge in [0, 0.05) is 23.1 Å². The highest BCUT2D eigenvalue weighted by atomic mass is 32.2. The average Bonchev–Trinajstić information content (AvgIpc) is 2.49. The predicted molar refractivity (Wildman–Crippen MR) is 78.9 cm³/mol. The minimum Gasteiger partial charge on any atom is -0.374 e. The molecule has 0 aliphatic carbocycles. The number of nitrogens with one attached hydrogen (secondary N) is 1. The summed E-state index contributed by atoms with van der Waals surface area (Å²) in [4.78, 5) is 4.39. The fourth-order valence-corrected chi connectivity index (χ4v) is 3.30. The van der Waals surface area contributed by atoms with Gasteiger partial charge in [-0.3, -0.25) is 16.3 Å². The lowest BCUT2D eigenvalue weighted by molar-refractivity contribution is 0.0468. The maximum atomic E-state index is 5.81. The van der Waals surface area contributed by atoms with Crippen LogP contribution in [0.4, 0.5) is 0 Å². The van der Waals surface area contributed by atoms with Crippen LogP contribution in [0.1, 0.15) is 11.6 Å². The van der Waals surface area contributed by atoms with Gasteiger partial charge in [0.1, 0.15) is 0 Å². The van der Waals surface area contributed by atoms with Crippen molar-refractivity contribution in [2.24, 2.45) is 5.84 Å². The van der Waals surface area contributed by atoms with E-state index >= 15 is 0 Å². The molecule has 3 N–H and O–H groups in total. The molecule has 0 spiro atoms. The molecule has 1 saturated heterocycles. The maximum Gasteiger partial charge on any atom is 0.0873 e. The molecule has 1 aliphatic heterocycles. The van der Waals surface area contributed by atoms with E-state index in [0.717, 1.165) is 34.6 Å². The molecular formula is C14H17N3OS. The summed E-state index contributed by atoms with van der Waals surface area (Å²) in [7, 11) is 0. The van der Waals surface area contributed by atoms with E-state index in [0.29, 0.717) is 0 Å². The number of nitrogens with zero attached hydrogens (tertiary/aromatic N) is 1. The summed E-state index contributed by atoms with van der Waals surface area (Å²) in [5.74, 6) is 7.75. The lowest BCUT2D eigenvalue weighted by atomic mass is 10.0. The molecule has 1 aromatic heterocycles. The summed E-state index contributed by atoms with van der Waals surface area (Å²) in [5.41, 5.74) is 5.00. The van der Waals surface area contributed by atoms with Gasteiger partial charge in [-0.15, -0.1) is 0 Å². The molecule has 2 aromatic rings. The van der Waals surface area contributed by atoms with Gasteiger partial charge in [-0.2, -0.15) is 11.8 Å². The molecule has 2 unspecified atom stereocenters. The first-order valence-electron chi connectivity index (χ1n) is 6.38. The van der Waals surface area contributed by atoms with E-state index in [1.54, 1.807) is 0 Å². The minimum atomic E-state index is 0.0132. The lowest BCUT2D eigenvalue weighted by Crippen LogP contribution is -2.41. The third-order valence-corrected chi connectivity index (χ3v) is 4.40. The summed E-state index contributed by atoms with van der Waals surface area (Å²) in [6.45, 7) is 0.791. The van der Waals surface area contributed by atoms with Crippen molar-refractivity contribution in [1.82, 2.24) is 10.4 Å². The molecule has 1 aromatic carbocycles. The molecule has 0 amide bonds. The van der Waals surface area contributed by atoms with E-state index in [1.165, 1.54) is 0 Å². The summed E-state index contributed by atoms with van der Waals surface area (Å²) in [5, 5.41) is 1.14. The normalized spacial score (nSPS) is 21.4. The van der Waals surface area contributed by atoms with Crippen molar-refractivity contribution in [3.8, 4) is 0 Å². The van der Waals surface area contributed by atoms with E-state index in [9.17, 15) is 0 Å². The number of pyridine rings is 1. The molecular weight excluding hydrogens is 258 g/mol. The molecule has 0 saturated carbocycles. The molecule has 100 valence electrons. The van der Waals surface area contributed by atoms with Gasteiger partial charge < -0.3 is 4.74 Å². The quantitative estimate of drug-likeness (QED) is 0.661. The Kier molecular flexibility index (Phi) is 3.98. The van der Waals surface area contributed by atoms with Crippen molar-refractivity contribution in [3.05, 3.63) is 42.1 Å². The number of hydrogen-bond donors (Lipinski definition) is 2. The van der Waals surface area contributed by atoms with E-state index in [2.05, 4.69) is 34.7 Å². The highest BCUT2D eigenvalue weighted by Gasteiger charge is 2.25. The number of fused-ring (bicyclic) bond motifs is 1. The van der Waals surface area contributed by atoms with Gasteiger partial charge in [0.25, 0.3) is 0 Å². The third-order valence-electron chi connectivity index (χ3n) is 3.38. The lowest BCUT2D eigenvalue weighted by Gasteiger charge is -2.30. The first-order chi connectivity index (χ1) is 9.38. The number of hydrogen-bond acceptors (Lipinski definition) is 5. The highest BCUT2D eigenvalue weighted by molar-refractivity contribution is 7.99. The smallest absolute Gasteiger partial charge is 0.0873 e. The number of hydrazine groups is 1. The molecule has 19 heavy (non-hydrogen) atoms. The van der Waals surface area contributed by atoms with Gasteiger partial charge in [0.05, 0.1) is 24.3 Å². The monoisotopic (exact) mass is 275 g/mol. The highest BCUT2D eigenvalue weighted by Crippen LogP contribution is 2.26. The van der Waals surface area contributed by atoms with Crippen molar-refractivity contribution in [3.63, 3.8) is 0 Å². The summed E-state index contributed by atoms with van der Waals surface area (Å²) < 4.78 is 5.81. The fourth-order valence-electron chi connectivity index (χ4n) is 2.39. The van der Waals surface area contributed by atoms with Crippen LogP contribution in [-0.4, -0.2) is 29.2 Å². The van der Waals surface area contributed by atoms with Crippen LogP contribution in [0.3, 0.4) is 0 Å². The van der Waals surface area contributed by atoms with E-state index in [-0.39, 0.29) is 12.1 Å². The zero-order valence-electron chi connectivity index (χ0n) is 10.6. The number of nitrogens with two attached hydrogens (primary N) is 1. The van der Waals surface area contributed by atoms with E-state index in [4.69, 9.17) is 10.6 Å². The number of aromatic nitrogens is 1. The first-order valence-corrected chi connectivity index (χ1v) is 7.54. The molecule has 4 nitrogen and oxygen atoms in total. The Bertz CT molecular complexity index is 557. The van der Waals surface area contributed by atoms with Crippen molar-refractivity contribution in [2.45, 2.75) is 12.1 Å². The van der Waals surface area contributed by atoms with Crippen LogP contribution < -0.4 is 11.3 Å². The third kappa shape index (κ3) is 2.74. The Labute approximate surface area is 116 Å². The number of ether oxygens (including phenoxy) is 1. The summed E-state index contributed by atoms with van der Waals surface area (Å²) in [6, 6.07) is 10.3.